The molecule has 2 amide bonds. The van der Waals surface area contributed by atoms with Gasteiger partial charge in [-0.15, -0.1) is 0 Å². The maximum atomic E-state index is 13.0. The van der Waals surface area contributed by atoms with Crippen molar-refractivity contribution in [1.29, 1.82) is 0 Å². The van der Waals surface area contributed by atoms with E-state index in [1.807, 2.05) is 4.72 Å². The number of aromatic nitrogens is 4. The lowest BCUT2D eigenvalue weighted by Crippen LogP contribution is -2.36. The van der Waals surface area contributed by atoms with Crippen molar-refractivity contribution in [3.8, 4) is 11.8 Å². The number of rotatable bonds is 7. The lowest BCUT2D eigenvalue weighted by molar-refractivity contribution is 0.256. The van der Waals surface area contributed by atoms with E-state index in [-0.39, 0.29) is 28.4 Å². The molecule has 0 aliphatic rings. The molecule has 0 aromatic carbocycles. The van der Waals surface area contributed by atoms with Gasteiger partial charge >= 0.3 is 6.03 Å². The fraction of sp³-hybridized carbons (Fsp3) is 0.294. The number of sulfonamides is 1. The van der Waals surface area contributed by atoms with E-state index in [1.54, 1.807) is 32.0 Å². The molecule has 3 aromatic rings. The van der Waals surface area contributed by atoms with Crippen molar-refractivity contribution in [2.75, 3.05) is 19.5 Å². The second kappa shape index (κ2) is 8.85. The molecule has 1 atom stereocenters. The Balaban J connectivity index is 1.96. The molecule has 12 nitrogen and oxygen atoms in total. The number of nitrogens with zero attached hydrogens (tertiary/aromatic N) is 4. The molecule has 0 saturated heterocycles. The van der Waals surface area contributed by atoms with Crippen LogP contribution < -0.4 is 19.5 Å². The fourth-order valence-corrected chi connectivity index (χ4v) is 5.07. The van der Waals surface area contributed by atoms with Gasteiger partial charge in [0.2, 0.25) is 17.7 Å². The van der Waals surface area contributed by atoms with Gasteiger partial charge in [-0.2, -0.15) is 18.4 Å². The van der Waals surface area contributed by atoms with Gasteiger partial charge in [0.15, 0.2) is 10.1 Å². The van der Waals surface area contributed by atoms with Gasteiger partial charge in [0.05, 0.1) is 31.1 Å². The Morgan fingerprint density at radius 2 is 1.77 bits per heavy atom. The van der Waals surface area contributed by atoms with E-state index in [4.69, 9.17) is 9.47 Å². The number of amides is 2. The summed E-state index contributed by atoms with van der Waals surface area (Å²) in [6.07, 6.45) is 1.45. The third-order valence-electron chi connectivity index (χ3n) is 3.88. The van der Waals surface area contributed by atoms with Crippen LogP contribution in [-0.2, 0) is 20.8 Å². The number of pyridine rings is 1. The van der Waals surface area contributed by atoms with Gasteiger partial charge in [-0.1, -0.05) is 19.9 Å². The molecule has 0 aliphatic heterocycles. The van der Waals surface area contributed by atoms with Crippen LogP contribution in [0.5, 0.6) is 11.8 Å². The van der Waals surface area contributed by atoms with Gasteiger partial charge in [0.1, 0.15) is 5.65 Å². The van der Waals surface area contributed by atoms with Gasteiger partial charge < -0.3 is 9.47 Å². The molecule has 31 heavy (non-hydrogen) atoms. The molecule has 3 aromatic heterocycles. The van der Waals surface area contributed by atoms with E-state index in [9.17, 15) is 17.4 Å². The van der Waals surface area contributed by atoms with Crippen molar-refractivity contribution in [3.63, 3.8) is 0 Å². The van der Waals surface area contributed by atoms with Crippen molar-refractivity contribution in [1.82, 2.24) is 24.1 Å². The standard InChI is InChI=1S/C17H20N6O6S2/c1-10(2)30(25)14-15(23-8-6-5-7-11(23)18-14)31(26,27)22-17(24)21-16-19-12(28-3)9-13(20-16)29-4/h5-10H,1-4H3,(H2,19,20,21,22,24). The van der Waals surface area contributed by atoms with Crippen LogP contribution >= 0.6 is 0 Å². The maximum Gasteiger partial charge on any atom is 0.335 e. The first-order valence-corrected chi connectivity index (χ1v) is 11.5. The van der Waals surface area contributed by atoms with Gasteiger partial charge in [0.25, 0.3) is 10.0 Å². The van der Waals surface area contributed by atoms with Crippen LogP contribution in [0.15, 0.2) is 40.5 Å². The highest BCUT2D eigenvalue weighted by Gasteiger charge is 2.31. The highest BCUT2D eigenvalue weighted by Crippen LogP contribution is 2.23. The number of hydrogen-bond acceptors (Lipinski definition) is 9. The number of fused-ring (bicyclic) bond motifs is 1. The van der Waals surface area contributed by atoms with Gasteiger partial charge in [-0.3, -0.25) is 13.9 Å². The third kappa shape index (κ3) is 4.74. The lowest BCUT2D eigenvalue weighted by Gasteiger charge is -2.11. The molecule has 0 bridgehead atoms. The normalized spacial score (nSPS) is 12.5. The molecule has 3 rings (SSSR count). The number of methoxy groups -OCH3 is 2. The van der Waals surface area contributed by atoms with Crippen molar-refractivity contribution >= 4 is 38.4 Å². The minimum atomic E-state index is -4.48. The highest BCUT2D eigenvalue weighted by atomic mass is 32.2. The number of anilines is 1. The lowest BCUT2D eigenvalue weighted by atomic mass is 10.5. The van der Waals surface area contributed by atoms with Crippen molar-refractivity contribution in [3.05, 3.63) is 30.5 Å². The predicted octanol–water partition coefficient (Wildman–Crippen LogP) is 1.17. The molecule has 2 N–H and O–H groups in total. The molecule has 0 radical (unpaired) electrons. The second-order valence-electron chi connectivity index (χ2n) is 6.33. The third-order valence-corrected chi connectivity index (χ3v) is 6.88. The van der Waals surface area contributed by atoms with Gasteiger partial charge in [-0.05, 0) is 12.1 Å². The maximum absolute atomic E-state index is 13.0. The highest BCUT2D eigenvalue weighted by molar-refractivity contribution is 7.91. The number of imidazole rings is 1. The first-order chi connectivity index (χ1) is 14.7. The Bertz CT molecular complexity index is 1230. The Labute approximate surface area is 180 Å². The Kier molecular flexibility index (Phi) is 6.40. The zero-order valence-electron chi connectivity index (χ0n) is 17.0. The predicted molar refractivity (Wildman–Crippen MR) is 111 cm³/mol. The molecule has 1 unspecified atom stereocenters. The van der Waals surface area contributed by atoms with E-state index < -0.39 is 37.1 Å². The summed E-state index contributed by atoms with van der Waals surface area (Å²) in [7, 11) is -3.49. The topological polar surface area (TPSA) is 154 Å². The SMILES string of the molecule is COc1cc(OC)nc(NC(=O)NS(=O)(=O)c2c(S(=O)C(C)C)nc3ccccn23)n1. The Morgan fingerprint density at radius 3 is 2.35 bits per heavy atom. The Hall–Kier alpha value is -3.26. The van der Waals surface area contributed by atoms with Crippen molar-refractivity contribution < 1.29 is 26.9 Å². The number of carbonyl (C=O) groups excluding carboxylic acids is 1. The minimum absolute atomic E-state index is 0.0985. The Morgan fingerprint density at radius 1 is 1.13 bits per heavy atom. The number of ether oxygens (including phenoxy) is 2. The van der Waals surface area contributed by atoms with Crippen molar-refractivity contribution in [2.45, 2.75) is 29.1 Å². The fourth-order valence-electron chi connectivity index (χ4n) is 2.52. The largest absolute Gasteiger partial charge is 0.481 e. The number of hydrogen-bond donors (Lipinski definition) is 2. The van der Waals surface area contributed by atoms with Crippen LogP contribution in [0.3, 0.4) is 0 Å². The van der Waals surface area contributed by atoms with Gasteiger partial charge in [-0.25, -0.2) is 14.5 Å². The first-order valence-electron chi connectivity index (χ1n) is 8.84. The van der Waals surface area contributed by atoms with Crippen molar-refractivity contribution in [2.24, 2.45) is 0 Å². The first kappa shape index (κ1) is 22.4. The molecule has 3 heterocycles. The van der Waals surface area contributed by atoms with Gasteiger partial charge in [0, 0.05) is 11.4 Å². The van der Waals surface area contributed by atoms with Crippen LogP contribution in [0.25, 0.3) is 5.65 Å². The average Bonchev–Trinajstić information content (AvgIpc) is 3.12. The van der Waals surface area contributed by atoms with E-state index in [1.165, 1.54) is 30.9 Å². The van der Waals surface area contributed by atoms with E-state index in [0.717, 1.165) is 0 Å². The summed E-state index contributed by atoms with van der Waals surface area (Å²) >= 11 is 0. The van der Waals surface area contributed by atoms with E-state index in [0.29, 0.717) is 0 Å². The smallest absolute Gasteiger partial charge is 0.335 e. The van der Waals surface area contributed by atoms with Crippen LogP contribution in [0.2, 0.25) is 0 Å². The summed E-state index contributed by atoms with van der Waals surface area (Å²) in [5, 5.41) is 1.27. The number of urea groups is 1. The molecule has 0 fully saturated rings. The van der Waals surface area contributed by atoms with Crippen LogP contribution in [0.4, 0.5) is 10.7 Å². The summed E-state index contributed by atoms with van der Waals surface area (Å²) in [6, 6.07) is 5.06. The molecule has 0 aliphatic carbocycles. The summed E-state index contributed by atoms with van der Waals surface area (Å²) < 4.78 is 51.9. The quantitative estimate of drug-likeness (QED) is 0.520. The molecular weight excluding hydrogens is 448 g/mol. The molecule has 166 valence electrons. The zero-order valence-corrected chi connectivity index (χ0v) is 18.7. The number of nitrogens with one attached hydrogen (secondary N) is 2. The summed E-state index contributed by atoms with van der Waals surface area (Å²) in [6.45, 7) is 3.34. The molecule has 0 spiro atoms. The van der Waals surface area contributed by atoms with Crippen LogP contribution in [0.1, 0.15) is 13.8 Å². The molecular formula is C17H20N6O6S2. The minimum Gasteiger partial charge on any atom is -0.481 e. The summed E-state index contributed by atoms with van der Waals surface area (Å²) in [5.74, 6) is -0.0455. The summed E-state index contributed by atoms with van der Waals surface area (Å²) in [5.41, 5.74) is 0.271. The molecule has 0 saturated carbocycles. The monoisotopic (exact) mass is 468 g/mol. The average molecular weight is 469 g/mol. The number of carbonyl (C=O) groups is 1. The molecule has 14 heteroatoms. The van der Waals surface area contributed by atoms with E-state index in [2.05, 4.69) is 20.3 Å². The van der Waals surface area contributed by atoms with E-state index >= 15 is 0 Å². The second-order valence-corrected chi connectivity index (χ2v) is 9.86. The van der Waals surface area contributed by atoms with Crippen LogP contribution in [-0.4, -0.2) is 57.5 Å². The van der Waals surface area contributed by atoms with Crippen LogP contribution in [0, 0.1) is 0 Å². The summed E-state index contributed by atoms with van der Waals surface area (Å²) in [4.78, 5) is 24.4. The zero-order chi connectivity index (χ0) is 22.8.